The molecule has 0 bridgehead atoms. The van der Waals surface area contributed by atoms with Crippen molar-refractivity contribution in [3.05, 3.63) is 29.8 Å². The molecule has 0 atom stereocenters. The van der Waals surface area contributed by atoms with E-state index < -0.39 is 0 Å². The van der Waals surface area contributed by atoms with E-state index >= 15 is 0 Å². The highest BCUT2D eigenvalue weighted by Gasteiger charge is 2.13. The highest BCUT2D eigenvalue weighted by Crippen LogP contribution is 2.17. The molecule has 1 heterocycles. The molecule has 0 aromatic heterocycles. The summed E-state index contributed by atoms with van der Waals surface area (Å²) in [4.78, 5) is 4.88. The molecule has 27 heavy (non-hydrogen) atoms. The maximum Gasteiger partial charge on any atom is 0.0466 e. The van der Waals surface area contributed by atoms with Gasteiger partial charge < -0.3 is 19.9 Å². The lowest BCUT2D eigenvalue weighted by atomic mass is 10.1. The van der Waals surface area contributed by atoms with Gasteiger partial charge in [0.1, 0.15) is 0 Å². The number of hydrogen-bond acceptors (Lipinski definition) is 4. The van der Waals surface area contributed by atoms with Crippen LogP contribution in [0.3, 0.4) is 0 Å². The topological polar surface area (TPSA) is 27.7 Å². The molecule has 0 unspecified atom stereocenters. The Morgan fingerprint density at radius 3 is 2.26 bits per heavy atom. The maximum atomic E-state index is 5.72. The molecule has 1 aliphatic rings. The van der Waals surface area contributed by atoms with Crippen LogP contribution in [0.15, 0.2) is 24.3 Å². The zero-order valence-electron chi connectivity index (χ0n) is 17.9. The van der Waals surface area contributed by atoms with Crippen LogP contribution in [-0.4, -0.2) is 57.9 Å². The molecular weight excluding hydrogens is 334 g/mol. The van der Waals surface area contributed by atoms with E-state index in [0.29, 0.717) is 0 Å². The van der Waals surface area contributed by atoms with Crippen LogP contribution in [-0.2, 0) is 11.3 Å². The number of unbranched alkanes of at least 4 members (excludes halogenated alkanes) is 2. The first-order valence-electron chi connectivity index (χ1n) is 11.0. The van der Waals surface area contributed by atoms with Crippen molar-refractivity contribution < 1.29 is 4.74 Å². The van der Waals surface area contributed by atoms with Crippen LogP contribution in [0.25, 0.3) is 0 Å². The van der Waals surface area contributed by atoms with E-state index in [-0.39, 0.29) is 0 Å². The predicted octanol–water partition coefficient (Wildman–Crippen LogP) is 4.15. The van der Waals surface area contributed by atoms with Gasteiger partial charge in [0.05, 0.1) is 0 Å². The third-order valence-corrected chi connectivity index (χ3v) is 5.35. The quantitative estimate of drug-likeness (QED) is 0.524. The average Bonchev–Trinajstić information content (AvgIpc) is 2.67. The average molecular weight is 376 g/mol. The van der Waals surface area contributed by atoms with Gasteiger partial charge >= 0.3 is 0 Å². The van der Waals surface area contributed by atoms with Crippen molar-refractivity contribution in [3.8, 4) is 0 Å². The summed E-state index contributed by atoms with van der Waals surface area (Å²) in [5.74, 6) is 0.819. The third-order valence-electron chi connectivity index (χ3n) is 5.35. The molecule has 4 heteroatoms. The molecule has 154 valence electrons. The van der Waals surface area contributed by atoms with Crippen LogP contribution < -0.4 is 10.2 Å². The lowest BCUT2D eigenvalue weighted by Gasteiger charge is -2.34. The van der Waals surface area contributed by atoms with E-state index in [1.54, 1.807) is 0 Å². The van der Waals surface area contributed by atoms with Crippen LogP contribution in [0.5, 0.6) is 0 Å². The summed E-state index contributed by atoms with van der Waals surface area (Å²) < 4.78 is 5.72. The summed E-state index contributed by atoms with van der Waals surface area (Å²) in [5, 5.41) is 3.55. The van der Waals surface area contributed by atoms with Gasteiger partial charge in [0.15, 0.2) is 0 Å². The molecule has 2 rings (SSSR count). The summed E-state index contributed by atoms with van der Waals surface area (Å²) in [6.07, 6.45) is 6.17. The SMILES string of the molecule is CC(C)CCCCOCCCCNCc1ccc(N2CCN(C)CC2)cc1. The molecule has 4 nitrogen and oxygen atoms in total. The van der Waals surface area contributed by atoms with Gasteiger partial charge in [0.2, 0.25) is 0 Å². The fraction of sp³-hybridized carbons (Fsp3) is 0.739. The van der Waals surface area contributed by atoms with Crippen molar-refractivity contribution in [2.75, 3.05) is 57.9 Å². The van der Waals surface area contributed by atoms with E-state index in [4.69, 9.17) is 4.74 Å². The van der Waals surface area contributed by atoms with E-state index in [1.807, 2.05) is 0 Å². The van der Waals surface area contributed by atoms with Crippen molar-refractivity contribution in [3.63, 3.8) is 0 Å². The fourth-order valence-corrected chi connectivity index (χ4v) is 3.43. The summed E-state index contributed by atoms with van der Waals surface area (Å²) in [5.41, 5.74) is 2.73. The Hall–Kier alpha value is -1.10. The number of rotatable bonds is 13. The van der Waals surface area contributed by atoms with Gasteiger partial charge in [-0.3, -0.25) is 0 Å². The largest absolute Gasteiger partial charge is 0.381 e. The summed E-state index contributed by atoms with van der Waals surface area (Å²) in [7, 11) is 2.20. The minimum atomic E-state index is 0.819. The van der Waals surface area contributed by atoms with Crippen molar-refractivity contribution >= 4 is 5.69 Å². The van der Waals surface area contributed by atoms with Gasteiger partial charge in [-0.05, 0) is 56.5 Å². The molecule has 1 aromatic carbocycles. The number of benzene rings is 1. The van der Waals surface area contributed by atoms with Crippen LogP contribution >= 0.6 is 0 Å². The second-order valence-electron chi connectivity index (χ2n) is 8.34. The molecule has 0 spiro atoms. The highest BCUT2D eigenvalue weighted by molar-refractivity contribution is 5.48. The van der Waals surface area contributed by atoms with Gasteiger partial charge in [-0.15, -0.1) is 0 Å². The molecule has 1 saturated heterocycles. The minimum Gasteiger partial charge on any atom is -0.381 e. The Morgan fingerprint density at radius 1 is 0.926 bits per heavy atom. The predicted molar refractivity (Wildman–Crippen MR) is 117 cm³/mol. The lowest BCUT2D eigenvalue weighted by Crippen LogP contribution is -2.44. The molecule has 1 fully saturated rings. The molecule has 0 radical (unpaired) electrons. The van der Waals surface area contributed by atoms with Gasteiger partial charge in [0.25, 0.3) is 0 Å². The lowest BCUT2D eigenvalue weighted by molar-refractivity contribution is 0.125. The van der Waals surface area contributed by atoms with E-state index in [9.17, 15) is 0 Å². The van der Waals surface area contributed by atoms with E-state index in [0.717, 1.165) is 64.8 Å². The molecule has 1 aliphatic heterocycles. The van der Waals surface area contributed by atoms with Crippen LogP contribution in [0.4, 0.5) is 5.69 Å². The summed E-state index contributed by atoms with van der Waals surface area (Å²) >= 11 is 0. The second-order valence-corrected chi connectivity index (χ2v) is 8.34. The summed E-state index contributed by atoms with van der Waals surface area (Å²) in [6.45, 7) is 13.0. The van der Waals surface area contributed by atoms with Gasteiger partial charge in [-0.2, -0.15) is 0 Å². The van der Waals surface area contributed by atoms with Crippen LogP contribution in [0.1, 0.15) is 51.5 Å². The van der Waals surface area contributed by atoms with Gasteiger partial charge in [-0.1, -0.05) is 38.8 Å². The Balaban J connectivity index is 1.46. The molecule has 0 saturated carbocycles. The Morgan fingerprint density at radius 2 is 1.59 bits per heavy atom. The van der Waals surface area contributed by atoms with Gasteiger partial charge in [-0.25, -0.2) is 0 Å². The first-order chi connectivity index (χ1) is 13.1. The summed E-state index contributed by atoms with van der Waals surface area (Å²) in [6, 6.07) is 9.08. The van der Waals surface area contributed by atoms with E-state index in [2.05, 4.69) is 60.3 Å². The minimum absolute atomic E-state index is 0.819. The molecule has 1 N–H and O–H groups in total. The standard InChI is InChI=1S/C23H41N3O/c1-21(2)8-4-6-18-27-19-7-5-13-24-20-22-9-11-23(12-10-22)26-16-14-25(3)15-17-26/h9-12,21,24H,4-8,13-20H2,1-3H3. The zero-order valence-corrected chi connectivity index (χ0v) is 17.9. The maximum absolute atomic E-state index is 5.72. The van der Waals surface area contributed by atoms with Crippen molar-refractivity contribution in [1.29, 1.82) is 0 Å². The number of likely N-dealkylation sites (N-methyl/N-ethyl adjacent to an activating group) is 1. The van der Waals surface area contributed by atoms with Gasteiger partial charge in [0, 0.05) is 51.6 Å². The second kappa shape index (κ2) is 13.1. The van der Waals surface area contributed by atoms with Crippen molar-refractivity contribution in [2.24, 2.45) is 5.92 Å². The van der Waals surface area contributed by atoms with Crippen molar-refractivity contribution in [1.82, 2.24) is 10.2 Å². The molecule has 0 aliphatic carbocycles. The van der Waals surface area contributed by atoms with Crippen molar-refractivity contribution in [2.45, 2.75) is 52.5 Å². The number of nitrogens with zero attached hydrogens (tertiary/aromatic N) is 2. The number of piperazine rings is 1. The first kappa shape index (κ1) is 22.2. The van der Waals surface area contributed by atoms with Crippen LogP contribution in [0, 0.1) is 5.92 Å². The highest BCUT2D eigenvalue weighted by atomic mass is 16.5. The Kier molecular flexibility index (Phi) is 10.8. The fourth-order valence-electron chi connectivity index (χ4n) is 3.43. The number of hydrogen-bond donors (Lipinski definition) is 1. The normalized spacial score (nSPS) is 15.6. The van der Waals surface area contributed by atoms with Crippen LogP contribution in [0.2, 0.25) is 0 Å². The molecule has 0 amide bonds. The molecular formula is C23H41N3O. The molecule has 1 aromatic rings. The smallest absolute Gasteiger partial charge is 0.0466 e. The number of nitrogens with one attached hydrogen (secondary N) is 1. The Labute approximate surface area is 167 Å². The third kappa shape index (κ3) is 9.59. The number of anilines is 1. The number of ether oxygens (including phenoxy) is 1. The zero-order chi connectivity index (χ0) is 19.3. The Bertz CT molecular complexity index is 481. The first-order valence-corrected chi connectivity index (χ1v) is 11.0. The monoisotopic (exact) mass is 375 g/mol. The van der Waals surface area contributed by atoms with E-state index in [1.165, 1.54) is 36.9 Å².